The number of nitrogens with one attached hydrogen (secondary N) is 1. The predicted octanol–water partition coefficient (Wildman–Crippen LogP) is 4.88. The van der Waals surface area contributed by atoms with Gasteiger partial charge in [-0.2, -0.15) is 0 Å². The van der Waals surface area contributed by atoms with E-state index in [2.05, 4.69) is 15.5 Å². The standard InChI is InChI=1S/C26H24N4O4S/c1-17(31)18-9-11-20(12-10-18)27-24(32)16-35-26-29-28-25(19-7-5-4-6-8-19)30(26)21-13-14-22(33-2)23(15-21)34-3/h4-15H,16H2,1-3H3,(H,27,32). The lowest BCUT2D eigenvalue weighted by Gasteiger charge is -2.13. The summed E-state index contributed by atoms with van der Waals surface area (Å²) >= 11 is 1.27. The Morgan fingerprint density at radius 2 is 1.63 bits per heavy atom. The van der Waals surface area contributed by atoms with Crippen molar-refractivity contribution in [2.24, 2.45) is 0 Å². The van der Waals surface area contributed by atoms with Gasteiger partial charge in [0.15, 0.2) is 28.3 Å². The van der Waals surface area contributed by atoms with Crippen molar-refractivity contribution in [3.8, 4) is 28.6 Å². The summed E-state index contributed by atoms with van der Waals surface area (Å²) in [5.41, 5.74) is 2.87. The Balaban J connectivity index is 1.60. The molecule has 35 heavy (non-hydrogen) atoms. The molecule has 0 saturated heterocycles. The van der Waals surface area contributed by atoms with Crippen LogP contribution in [0.5, 0.6) is 11.5 Å². The van der Waals surface area contributed by atoms with Crippen LogP contribution in [-0.4, -0.2) is 46.4 Å². The molecule has 0 aliphatic carbocycles. The van der Waals surface area contributed by atoms with Gasteiger partial charge in [-0.3, -0.25) is 14.2 Å². The van der Waals surface area contributed by atoms with Crippen molar-refractivity contribution in [1.29, 1.82) is 0 Å². The molecule has 0 saturated carbocycles. The van der Waals surface area contributed by atoms with Crippen LogP contribution in [0.1, 0.15) is 17.3 Å². The fraction of sp³-hybridized carbons (Fsp3) is 0.154. The van der Waals surface area contributed by atoms with E-state index in [9.17, 15) is 9.59 Å². The summed E-state index contributed by atoms with van der Waals surface area (Å²) in [5, 5.41) is 12.2. The predicted molar refractivity (Wildman–Crippen MR) is 136 cm³/mol. The van der Waals surface area contributed by atoms with Crippen LogP contribution in [0.3, 0.4) is 0 Å². The van der Waals surface area contributed by atoms with Gasteiger partial charge in [0, 0.05) is 22.9 Å². The molecule has 0 aliphatic heterocycles. The number of hydrogen-bond donors (Lipinski definition) is 1. The summed E-state index contributed by atoms with van der Waals surface area (Å²) in [6, 6.07) is 22.0. The summed E-state index contributed by atoms with van der Waals surface area (Å²) in [7, 11) is 3.16. The van der Waals surface area contributed by atoms with Gasteiger partial charge in [0.25, 0.3) is 0 Å². The minimum atomic E-state index is -0.200. The van der Waals surface area contributed by atoms with Crippen molar-refractivity contribution >= 4 is 29.1 Å². The first kappa shape index (κ1) is 24.0. The van der Waals surface area contributed by atoms with Crippen molar-refractivity contribution in [2.45, 2.75) is 12.1 Å². The smallest absolute Gasteiger partial charge is 0.234 e. The van der Waals surface area contributed by atoms with Crippen molar-refractivity contribution in [1.82, 2.24) is 14.8 Å². The number of nitrogens with zero attached hydrogens (tertiary/aromatic N) is 3. The number of Topliss-reactive ketones (excluding diaryl/α,β-unsaturated/α-hetero) is 1. The maximum absolute atomic E-state index is 12.6. The lowest BCUT2D eigenvalue weighted by atomic mass is 10.1. The number of ketones is 1. The topological polar surface area (TPSA) is 95.3 Å². The highest BCUT2D eigenvalue weighted by Crippen LogP contribution is 2.33. The molecule has 4 aromatic rings. The molecule has 0 atom stereocenters. The molecule has 8 nitrogen and oxygen atoms in total. The fourth-order valence-electron chi connectivity index (χ4n) is 3.45. The van der Waals surface area contributed by atoms with Gasteiger partial charge >= 0.3 is 0 Å². The number of amides is 1. The summed E-state index contributed by atoms with van der Waals surface area (Å²) in [6.45, 7) is 1.50. The second kappa shape index (κ2) is 10.9. The quantitative estimate of drug-likeness (QED) is 0.265. The largest absolute Gasteiger partial charge is 0.493 e. The van der Waals surface area contributed by atoms with Gasteiger partial charge in [-0.25, -0.2) is 0 Å². The Kier molecular flexibility index (Phi) is 7.47. The van der Waals surface area contributed by atoms with E-state index in [0.717, 1.165) is 11.3 Å². The third-order valence-electron chi connectivity index (χ3n) is 5.20. The van der Waals surface area contributed by atoms with Crippen LogP contribution < -0.4 is 14.8 Å². The average molecular weight is 489 g/mol. The molecule has 4 rings (SSSR count). The molecule has 9 heteroatoms. The first-order valence-corrected chi connectivity index (χ1v) is 11.8. The Morgan fingerprint density at radius 1 is 0.914 bits per heavy atom. The summed E-state index contributed by atoms with van der Waals surface area (Å²) in [6.07, 6.45) is 0. The van der Waals surface area contributed by atoms with E-state index in [0.29, 0.717) is 33.7 Å². The molecule has 0 aliphatic rings. The number of hydrogen-bond acceptors (Lipinski definition) is 7. The molecular weight excluding hydrogens is 464 g/mol. The maximum atomic E-state index is 12.6. The molecule has 0 unspecified atom stereocenters. The average Bonchev–Trinajstić information content (AvgIpc) is 3.32. The van der Waals surface area contributed by atoms with E-state index in [1.165, 1.54) is 18.7 Å². The van der Waals surface area contributed by atoms with Crippen LogP contribution in [0.15, 0.2) is 78.0 Å². The van der Waals surface area contributed by atoms with E-state index in [4.69, 9.17) is 9.47 Å². The minimum Gasteiger partial charge on any atom is -0.493 e. The molecule has 0 fully saturated rings. The number of aromatic nitrogens is 3. The second-order valence-electron chi connectivity index (χ2n) is 7.52. The zero-order chi connectivity index (χ0) is 24.8. The van der Waals surface area contributed by atoms with E-state index < -0.39 is 0 Å². The monoisotopic (exact) mass is 488 g/mol. The van der Waals surface area contributed by atoms with E-state index in [1.54, 1.807) is 38.5 Å². The Labute approximate surface area is 207 Å². The summed E-state index contributed by atoms with van der Waals surface area (Å²) in [5.74, 6) is 1.71. The molecule has 0 spiro atoms. The number of anilines is 1. The zero-order valence-corrected chi connectivity index (χ0v) is 20.3. The fourth-order valence-corrected chi connectivity index (χ4v) is 4.20. The van der Waals surface area contributed by atoms with Gasteiger partial charge in [0.2, 0.25) is 5.91 Å². The molecule has 0 bridgehead atoms. The number of methoxy groups -OCH3 is 2. The second-order valence-corrected chi connectivity index (χ2v) is 8.46. The summed E-state index contributed by atoms with van der Waals surface area (Å²) in [4.78, 5) is 24.1. The van der Waals surface area contributed by atoms with Gasteiger partial charge < -0.3 is 14.8 Å². The van der Waals surface area contributed by atoms with Crippen molar-refractivity contribution in [3.63, 3.8) is 0 Å². The highest BCUT2D eigenvalue weighted by molar-refractivity contribution is 7.99. The van der Waals surface area contributed by atoms with Gasteiger partial charge in [-0.05, 0) is 43.3 Å². The minimum absolute atomic E-state index is 0.0258. The van der Waals surface area contributed by atoms with Gasteiger partial charge in [-0.1, -0.05) is 42.1 Å². The molecule has 1 aromatic heterocycles. The van der Waals surface area contributed by atoms with Gasteiger partial charge in [-0.15, -0.1) is 10.2 Å². The Hall–Kier alpha value is -4.11. The van der Waals surface area contributed by atoms with E-state index in [1.807, 2.05) is 53.1 Å². The van der Waals surface area contributed by atoms with Crippen LogP contribution in [0.4, 0.5) is 5.69 Å². The Bertz CT molecular complexity index is 1340. The van der Waals surface area contributed by atoms with Crippen LogP contribution in [0.2, 0.25) is 0 Å². The number of rotatable bonds is 9. The normalized spacial score (nSPS) is 10.6. The van der Waals surface area contributed by atoms with Crippen molar-refractivity contribution in [2.75, 3.05) is 25.3 Å². The van der Waals surface area contributed by atoms with E-state index in [-0.39, 0.29) is 17.4 Å². The molecule has 0 radical (unpaired) electrons. The lowest BCUT2D eigenvalue weighted by molar-refractivity contribution is -0.113. The third-order valence-corrected chi connectivity index (χ3v) is 6.13. The Morgan fingerprint density at radius 3 is 2.29 bits per heavy atom. The molecule has 1 N–H and O–H groups in total. The van der Waals surface area contributed by atoms with Crippen LogP contribution in [-0.2, 0) is 4.79 Å². The first-order valence-electron chi connectivity index (χ1n) is 10.8. The molecule has 1 amide bonds. The van der Waals surface area contributed by atoms with Gasteiger partial charge in [0.1, 0.15) is 0 Å². The number of thioether (sulfide) groups is 1. The zero-order valence-electron chi connectivity index (χ0n) is 19.5. The van der Waals surface area contributed by atoms with Crippen molar-refractivity contribution in [3.05, 3.63) is 78.4 Å². The number of carbonyl (C=O) groups is 2. The molecular formula is C26H24N4O4S. The SMILES string of the molecule is COc1ccc(-n2c(SCC(=O)Nc3ccc(C(C)=O)cc3)nnc2-c2ccccc2)cc1OC. The molecule has 178 valence electrons. The number of ether oxygens (including phenoxy) is 2. The molecule has 1 heterocycles. The van der Waals surface area contributed by atoms with Crippen LogP contribution >= 0.6 is 11.8 Å². The van der Waals surface area contributed by atoms with Crippen molar-refractivity contribution < 1.29 is 19.1 Å². The highest BCUT2D eigenvalue weighted by atomic mass is 32.2. The maximum Gasteiger partial charge on any atom is 0.234 e. The number of benzene rings is 3. The summed E-state index contributed by atoms with van der Waals surface area (Å²) < 4.78 is 12.7. The first-order chi connectivity index (χ1) is 17.0. The highest BCUT2D eigenvalue weighted by Gasteiger charge is 2.19. The van der Waals surface area contributed by atoms with Crippen LogP contribution in [0.25, 0.3) is 17.1 Å². The van der Waals surface area contributed by atoms with Crippen LogP contribution in [0, 0.1) is 0 Å². The lowest BCUT2D eigenvalue weighted by Crippen LogP contribution is -2.14. The number of carbonyl (C=O) groups excluding carboxylic acids is 2. The third kappa shape index (κ3) is 5.52. The van der Waals surface area contributed by atoms with E-state index >= 15 is 0 Å². The van der Waals surface area contributed by atoms with Gasteiger partial charge in [0.05, 0.1) is 25.7 Å². The molecule has 3 aromatic carbocycles.